The van der Waals surface area contributed by atoms with Crippen LogP contribution in [-0.2, 0) is 0 Å². The van der Waals surface area contributed by atoms with E-state index in [4.69, 9.17) is 0 Å². The molecule has 0 aromatic rings. The van der Waals surface area contributed by atoms with Crippen molar-refractivity contribution in [1.82, 2.24) is 5.32 Å². The fraction of sp³-hybridized carbons (Fsp3) is 1.00. The van der Waals surface area contributed by atoms with E-state index in [1.165, 1.54) is 12.8 Å². The number of nitrogens with one attached hydrogen (secondary N) is 1. The van der Waals surface area contributed by atoms with Gasteiger partial charge < -0.3 is 5.32 Å². The van der Waals surface area contributed by atoms with Crippen molar-refractivity contribution in [3.8, 4) is 0 Å². The highest BCUT2D eigenvalue weighted by molar-refractivity contribution is 4.15. The molecule has 0 aliphatic carbocycles. The molecule has 0 saturated carbocycles. The minimum atomic E-state index is 1.07. The van der Waals surface area contributed by atoms with E-state index in [-0.39, 0.29) is 0 Å². The van der Waals surface area contributed by atoms with E-state index >= 15 is 0 Å². The number of hydrogen-bond acceptors (Lipinski definition) is 1. The Labute approximate surface area is 53.5 Å². The van der Waals surface area contributed by atoms with Crippen LogP contribution in [0.25, 0.3) is 0 Å². The summed E-state index contributed by atoms with van der Waals surface area (Å²) in [4.78, 5) is 0. The molecule has 0 atom stereocenters. The summed E-state index contributed by atoms with van der Waals surface area (Å²) in [5, 5.41) is 2.93. The molecule has 0 aromatic heterocycles. The van der Waals surface area contributed by atoms with E-state index in [9.17, 15) is 0 Å². The van der Waals surface area contributed by atoms with Gasteiger partial charge in [-0.15, -0.1) is 0 Å². The van der Waals surface area contributed by atoms with Crippen LogP contribution in [0.15, 0.2) is 0 Å². The molecule has 1 heteroatoms. The van der Waals surface area contributed by atoms with Gasteiger partial charge in [0.05, 0.1) is 0 Å². The number of rotatable bonds is 2. The van der Waals surface area contributed by atoms with Crippen LogP contribution < -0.4 is 5.32 Å². The highest BCUT2D eigenvalue weighted by atomic mass is 14.8. The van der Waals surface area contributed by atoms with Gasteiger partial charge in [0.2, 0.25) is 0 Å². The Balaban J connectivity index is 0. The molecule has 0 aliphatic heterocycles. The molecule has 0 aliphatic rings. The van der Waals surface area contributed by atoms with Crippen LogP contribution in [0.5, 0.6) is 0 Å². The summed E-state index contributed by atoms with van der Waals surface area (Å²) < 4.78 is 0. The van der Waals surface area contributed by atoms with Crippen LogP contribution >= 0.6 is 0 Å². The van der Waals surface area contributed by atoms with E-state index in [1.807, 2.05) is 7.05 Å². The Hall–Kier alpha value is -0.0400. The second-order valence-electron chi connectivity index (χ2n) is 1.71. The molecule has 1 nitrogen and oxygen atoms in total. The normalized spacial score (nSPS) is 7.50. The molecule has 52 valence electrons. The van der Waals surface area contributed by atoms with Crippen LogP contribution in [0.2, 0.25) is 0 Å². The van der Waals surface area contributed by atoms with Gasteiger partial charge in [0.25, 0.3) is 0 Å². The van der Waals surface area contributed by atoms with Gasteiger partial charge in [-0.3, -0.25) is 0 Å². The molecule has 1 N–H and O–H groups in total. The lowest BCUT2D eigenvalue weighted by atomic mass is 10.4. The van der Waals surface area contributed by atoms with Crippen molar-refractivity contribution < 1.29 is 0 Å². The van der Waals surface area contributed by atoms with Crippen molar-refractivity contribution in [3.63, 3.8) is 0 Å². The Kier molecular flexibility index (Phi) is 21.4. The molecule has 0 unspecified atom stereocenters. The molecule has 0 aromatic carbocycles. The fourth-order valence-electron chi connectivity index (χ4n) is 0. The van der Waals surface area contributed by atoms with E-state index < -0.39 is 0 Å². The van der Waals surface area contributed by atoms with Crippen LogP contribution in [-0.4, -0.2) is 13.6 Å². The first kappa shape index (κ1) is 10.9. The zero-order chi connectivity index (χ0) is 6.83. The second-order valence-corrected chi connectivity index (χ2v) is 1.71. The molecule has 0 fully saturated rings. The van der Waals surface area contributed by atoms with Gasteiger partial charge >= 0.3 is 0 Å². The van der Waals surface area contributed by atoms with Gasteiger partial charge in [-0.05, 0) is 13.6 Å². The Morgan fingerprint density at radius 2 is 1.25 bits per heavy atom. The summed E-state index contributed by atoms with van der Waals surface area (Å²) >= 11 is 0. The second kappa shape index (κ2) is 15.8. The molecule has 0 heterocycles. The first-order valence-electron chi connectivity index (χ1n) is 3.47. The SMILES string of the molecule is CCCC.CCNC. The summed E-state index contributed by atoms with van der Waals surface area (Å²) in [6, 6.07) is 0. The maximum Gasteiger partial charge on any atom is -0.00804 e. The van der Waals surface area contributed by atoms with Crippen molar-refractivity contribution in [2.45, 2.75) is 33.6 Å². The highest BCUT2D eigenvalue weighted by Crippen LogP contribution is 1.76. The Morgan fingerprint density at radius 1 is 1.00 bits per heavy atom. The van der Waals surface area contributed by atoms with Crippen LogP contribution in [0.4, 0.5) is 0 Å². The average Bonchev–Trinajstić information content (AvgIpc) is 1.88. The number of unbranched alkanes of at least 4 members (excludes halogenated alkanes) is 1. The standard InChI is InChI=1S/C4H10.C3H9N/c2*1-3-4-2/h3-4H2,1-2H3;4H,3H2,1-2H3. The van der Waals surface area contributed by atoms with Gasteiger partial charge in [-0.2, -0.15) is 0 Å². The zero-order valence-electron chi connectivity index (χ0n) is 6.62. The van der Waals surface area contributed by atoms with E-state index in [1.54, 1.807) is 0 Å². The van der Waals surface area contributed by atoms with Gasteiger partial charge in [0.1, 0.15) is 0 Å². The van der Waals surface area contributed by atoms with Crippen LogP contribution in [0.3, 0.4) is 0 Å². The minimum absolute atomic E-state index is 1.07. The van der Waals surface area contributed by atoms with Crippen molar-refractivity contribution in [3.05, 3.63) is 0 Å². The van der Waals surface area contributed by atoms with Gasteiger partial charge in [-0.25, -0.2) is 0 Å². The average molecular weight is 117 g/mol. The molecule has 8 heavy (non-hydrogen) atoms. The molecule has 0 rings (SSSR count). The summed E-state index contributed by atoms with van der Waals surface area (Å²) in [5.41, 5.74) is 0. The predicted molar refractivity (Wildman–Crippen MR) is 40.2 cm³/mol. The van der Waals surface area contributed by atoms with Gasteiger partial charge in [0.15, 0.2) is 0 Å². The lowest BCUT2D eigenvalue weighted by molar-refractivity contribution is 0.864. The molecular formula is C7H19N. The summed E-state index contributed by atoms with van der Waals surface area (Å²) in [7, 11) is 1.93. The lowest BCUT2D eigenvalue weighted by Crippen LogP contribution is -2.01. The minimum Gasteiger partial charge on any atom is -0.320 e. The monoisotopic (exact) mass is 117 g/mol. The summed E-state index contributed by atoms with van der Waals surface area (Å²) in [5.74, 6) is 0. The predicted octanol–water partition coefficient (Wildman–Crippen LogP) is 2.03. The molecule has 0 saturated heterocycles. The third-order valence-corrected chi connectivity index (χ3v) is 0.854. The molecule has 0 bridgehead atoms. The van der Waals surface area contributed by atoms with Crippen LogP contribution in [0, 0.1) is 0 Å². The third-order valence-electron chi connectivity index (χ3n) is 0.854. The fourth-order valence-corrected chi connectivity index (χ4v) is 0. The summed E-state index contributed by atoms with van der Waals surface area (Å²) in [6.07, 6.45) is 2.64. The first-order chi connectivity index (χ1) is 3.83. The maximum absolute atomic E-state index is 2.93. The van der Waals surface area contributed by atoms with Crippen molar-refractivity contribution >= 4 is 0 Å². The molecule has 0 amide bonds. The smallest absolute Gasteiger partial charge is 0.00804 e. The summed E-state index contributed by atoms with van der Waals surface area (Å²) in [6.45, 7) is 7.50. The Bertz CT molecular complexity index is 12.3. The number of hydrogen-bond donors (Lipinski definition) is 1. The largest absolute Gasteiger partial charge is 0.320 e. The molecule has 0 spiro atoms. The molecule has 0 radical (unpaired) electrons. The zero-order valence-corrected chi connectivity index (χ0v) is 6.62. The van der Waals surface area contributed by atoms with Crippen molar-refractivity contribution in [2.75, 3.05) is 13.6 Å². The van der Waals surface area contributed by atoms with Gasteiger partial charge in [0, 0.05) is 0 Å². The van der Waals surface area contributed by atoms with E-state index in [0.29, 0.717) is 0 Å². The van der Waals surface area contributed by atoms with E-state index in [0.717, 1.165) is 6.54 Å². The van der Waals surface area contributed by atoms with Gasteiger partial charge in [-0.1, -0.05) is 33.6 Å². The maximum atomic E-state index is 2.93. The van der Waals surface area contributed by atoms with Crippen molar-refractivity contribution in [2.24, 2.45) is 0 Å². The van der Waals surface area contributed by atoms with Crippen molar-refractivity contribution in [1.29, 1.82) is 0 Å². The quantitative estimate of drug-likeness (QED) is 0.583. The van der Waals surface area contributed by atoms with Crippen LogP contribution in [0.1, 0.15) is 33.6 Å². The highest BCUT2D eigenvalue weighted by Gasteiger charge is 1.56. The van der Waals surface area contributed by atoms with E-state index in [2.05, 4.69) is 26.1 Å². The topological polar surface area (TPSA) is 12.0 Å². The lowest BCUT2D eigenvalue weighted by Gasteiger charge is -1.76. The Morgan fingerprint density at radius 3 is 1.25 bits per heavy atom. The molecular weight excluding hydrogens is 98.1 g/mol. The first-order valence-corrected chi connectivity index (χ1v) is 3.47. The third kappa shape index (κ3) is 38.2.